The SMILES string of the molecule is Cc1ccc([C@H](O)CNC(=O)CN(C)Cc2ccncc2)cc1. The van der Waals surface area contributed by atoms with Crippen LogP contribution in [0, 0.1) is 6.92 Å². The fourth-order valence-corrected chi connectivity index (χ4v) is 2.27. The van der Waals surface area contributed by atoms with Crippen LogP contribution in [0.5, 0.6) is 0 Å². The highest BCUT2D eigenvalue weighted by molar-refractivity contribution is 5.78. The van der Waals surface area contributed by atoms with Gasteiger partial charge in [-0.3, -0.25) is 14.7 Å². The van der Waals surface area contributed by atoms with Gasteiger partial charge >= 0.3 is 0 Å². The Morgan fingerprint density at radius 2 is 1.87 bits per heavy atom. The van der Waals surface area contributed by atoms with Gasteiger partial charge in [0.15, 0.2) is 0 Å². The van der Waals surface area contributed by atoms with Crippen molar-refractivity contribution in [2.24, 2.45) is 0 Å². The molecule has 0 saturated heterocycles. The summed E-state index contributed by atoms with van der Waals surface area (Å²) in [6.45, 7) is 3.17. The Morgan fingerprint density at radius 1 is 1.22 bits per heavy atom. The van der Waals surface area contributed by atoms with Gasteiger partial charge in [0.25, 0.3) is 0 Å². The lowest BCUT2D eigenvalue weighted by Crippen LogP contribution is -2.36. The highest BCUT2D eigenvalue weighted by atomic mass is 16.3. The number of hydrogen-bond donors (Lipinski definition) is 2. The van der Waals surface area contributed by atoms with Gasteiger partial charge in [0, 0.05) is 25.5 Å². The number of aryl methyl sites for hydroxylation is 1. The fraction of sp³-hybridized carbons (Fsp3) is 0.333. The van der Waals surface area contributed by atoms with Gasteiger partial charge in [-0.05, 0) is 37.2 Å². The number of rotatable bonds is 7. The lowest BCUT2D eigenvalue weighted by Gasteiger charge is -2.17. The Morgan fingerprint density at radius 3 is 2.52 bits per heavy atom. The monoisotopic (exact) mass is 313 g/mol. The van der Waals surface area contributed by atoms with Gasteiger partial charge in [-0.15, -0.1) is 0 Å². The van der Waals surface area contributed by atoms with Crippen molar-refractivity contribution in [1.82, 2.24) is 15.2 Å². The van der Waals surface area contributed by atoms with Gasteiger partial charge < -0.3 is 10.4 Å². The molecule has 1 aromatic heterocycles. The molecule has 0 aliphatic carbocycles. The van der Waals surface area contributed by atoms with Gasteiger partial charge in [0.2, 0.25) is 5.91 Å². The Bertz CT molecular complexity index is 614. The van der Waals surface area contributed by atoms with Gasteiger partial charge in [-0.1, -0.05) is 29.8 Å². The molecule has 5 nitrogen and oxygen atoms in total. The van der Waals surface area contributed by atoms with Crippen LogP contribution in [0.25, 0.3) is 0 Å². The van der Waals surface area contributed by atoms with E-state index in [1.165, 1.54) is 0 Å². The zero-order valence-electron chi connectivity index (χ0n) is 13.6. The van der Waals surface area contributed by atoms with Crippen molar-refractivity contribution in [3.8, 4) is 0 Å². The summed E-state index contributed by atoms with van der Waals surface area (Å²) in [4.78, 5) is 17.8. The van der Waals surface area contributed by atoms with Gasteiger partial charge in [0.1, 0.15) is 0 Å². The summed E-state index contributed by atoms with van der Waals surface area (Å²) in [5, 5.41) is 12.9. The molecule has 0 aliphatic rings. The maximum absolute atomic E-state index is 12.0. The van der Waals surface area contributed by atoms with E-state index in [0.29, 0.717) is 6.54 Å². The first-order chi connectivity index (χ1) is 11.0. The third-order valence-corrected chi connectivity index (χ3v) is 3.57. The van der Waals surface area contributed by atoms with Crippen molar-refractivity contribution in [2.75, 3.05) is 20.1 Å². The Kier molecular flexibility index (Phi) is 6.26. The lowest BCUT2D eigenvalue weighted by molar-refractivity contribution is -0.122. The molecule has 2 aromatic rings. The van der Waals surface area contributed by atoms with E-state index in [4.69, 9.17) is 0 Å². The predicted octanol–water partition coefficient (Wildman–Crippen LogP) is 1.67. The van der Waals surface area contributed by atoms with Crippen LogP contribution in [0.1, 0.15) is 22.8 Å². The Labute approximate surface area is 137 Å². The van der Waals surface area contributed by atoms with Crippen LogP contribution in [0.15, 0.2) is 48.8 Å². The zero-order valence-corrected chi connectivity index (χ0v) is 13.6. The van der Waals surface area contributed by atoms with Crippen molar-refractivity contribution >= 4 is 5.91 Å². The number of amides is 1. The summed E-state index contributed by atoms with van der Waals surface area (Å²) >= 11 is 0. The second-order valence-electron chi connectivity index (χ2n) is 5.76. The molecule has 1 heterocycles. The van der Waals surface area contributed by atoms with E-state index >= 15 is 0 Å². The summed E-state index contributed by atoms with van der Waals surface area (Å²) in [6, 6.07) is 11.5. The standard InChI is InChI=1S/C18H23N3O2/c1-14-3-5-16(6-4-14)17(22)11-20-18(23)13-21(2)12-15-7-9-19-10-8-15/h3-10,17,22H,11-13H2,1-2H3,(H,20,23)/t17-/m1/s1. The minimum Gasteiger partial charge on any atom is -0.387 e. The quantitative estimate of drug-likeness (QED) is 0.816. The summed E-state index contributed by atoms with van der Waals surface area (Å²) < 4.78 is 0. The summed E-state index contributed by atoms with van der Waals surface area (Å²) in [5.41, 5.74) is 3.05. The molecule has 0 bridgehead atoms. The molecule has 1 atom stereocenters. The number of nitrogens with one attached hydrogen (secondary N) is 1. The van der Waals surface area contributed by atoms with Crippen molar-refractivity contribution < 1.29 is 9.90 Å². The van der Waals surface area contributed by atoms with Gasteiger partial charge in [0.05, 0.1) is 12.6 Å². The van der Waals surface area contributed by atoms with Crippen molar-refractivity contribution in [1.29, 1.82) is 0 Å². The first-order valence-electron chi connectivity index (χ1n) is 7.63. The normalized spacial score (nSPS) is 12.2. The van der Waals surface area contributed by atoms with E-state index in [9.17, 15) is 9.90 Å². The molecule has 0 spiro atoms. The van der Waals surface area contributed by atoms with E-state index in [2.05, 4.69) is 10.3 Å². The number of likely N-dealkylation sites (N-methyl/N-ethyl adjacent to an activating group) is 1. The molecule has 0 unspecified atom stereocenters. The fourth-order valence-electron chi connectivity index (χ4n) is 2.27. The minimum absolute atomic E-state index is 0.104. The van der Waals surface area contributed by atoms with Crippen LogP contribution in [-0.2, 0) is 11.3 Å². The molecule has 0 saturated carbocycles. The van der Waals surface area contributed by atoms with Crippen molar-refractivity contribution in [2.45, 2.75) is 19.6 Å². The number of aliphatic hydroxyl groups is 1. The molecular formula is C18H23N3O2. The summed E-state index contributed by atoms with van der Waals surface area (Å²) in [5.74, 6) is -0.104. The molecule has 23 heavy (non-hydrogen) atoms. The number of aliphatic hydroxyl groups excluding tert-OH is 1. The maximum Gasteiger partial charge on any atom is 0.234 e. The van der Waals surface area contributed by atoms with E-state index in [0.717, 1.165) is 16.7 Å². The Balaban J connectivity index is 1.75. The van der Waals surface area contributed by atoms with Gasteiger partial charge in [-0.25, -0.2) is 0 Å². The third kappa shape index (κ3) is 5.81. The van der Waals surface area contributed by atoms with Crippen LogP contribution in [-0.4, -0.2) is 41.0 Å². The molecule has 0 radical (unpaired) electrons. The van der Waals surface area contributed by atoms with E-state index < -0.39 is 6.10 Å². The molecule has 2 rings (SSSR count). The zero-order chi connectivity index (χ0) is 16.7. The topological polar surface area (TPSA) is 65.5 Å². The van der Waals surface area contributed by atoms with Crippen LogP contribution >= 0.6 is 0 Å². The van der Waals surface area contributed by atoms with E-state index in [1.54, 1.807) is 12.4 Å². The van der Waals surface area contributed by atoms with Gasteiger partial charge in [-0.2, -0.15) is 0 Å². The number of hydrogen-bond acceptors (Lipinski definition) is 4. The summed E-state index contributed by atoms with van der Waals surface area (Å²) in [6.07, 6.45) is 2.78. The van der Waals surface area contributed by atoms with Crippen LogP contribution in [0.4, 0.5) is 0 Å². The first kappa shape index (κ1) is 17.1. The van der Waals surface area contributed by atoms with Crippen LogP contribution < -0.4 is 5.32 Å². The molecule has 5 heteroatoms. The van der Waals surface area contributed by atoms with Crippen LogP contribution in [0.2, 0.25) is 0 Å². The largest absolute Gasteiger partial charge is 0.387 e. The number of benzene rings is 1. The average molecular weight is 313 g/mol. The lowest BCUT2D eigenvalue weighted by atomic mass is 10.1. The third-order valence-electron chi connectivity index (χ3n) is 3.57. The predicted molar refractivity (Wildman–Crippen MR) is 89.7 cm³/mol. The molecule has 2 N–H and O–H groups in total. The molecule has 0 aliphatic heterocycles. The number of carbonyl (C=O) groups excluding carboxylic acids is 1. The molecule has 0 fully saturated rings. The second-order valence-corrected chi connectivity index (χ2v) is 5.76. The first-order valence-corrected chi connectivity index (χ1v) is 7.63. The number of nitrogens with zero attached hydrogens (tertiary/aromatic N) is 2. The number of aromatic nitrogens is 1. The summed E-state index contributed by atoms with van der Waals surface area (Å²) in [7, 11) is 1.89. The molecular weight excluding hydrogens is 290 g/mol. The molecule has 122 valence electrons. The number of carbonyl (C=O) groups is 1. The minimum atomic E-state index is -0.690. The molecule has 1 aromatic carbocycles. The van der Waals surface area contributed by atoms with Crippen molar-refractivity contribution in [3.05, 3.63) is 65.5 Å². The second kappa shape index (κ2) is 8.41. The highest BCUT2D eigenvalue weighted by Crippen LogP contribution is 2.12. The number of pyridine rings is 1. The highest BCUT2D eigenvalue weighted by Gasteiger charge is 2.11. The van der Waals surface area contributed by atoms with Crippen LogP contribution in [0.3, 0.4) is 0 Å². The van der Waals surface area contributed by atoms with E-state index in [-0.39, 0.29) is 19.0 Å². The van der Waals surface area contributed by atoms with E-state index in [1.807, 2.05) is 55.3 Å². The molecule has 1 amide bonds. The smallest absolute Gasteiger partial charge is 0.234 e. The van der Waals surface area contributed by atoms with Crippen molar-refractivity contribution in [3.63, 3.8) is 0 Å². The average Bonchev–Trinajstić information content (AvgIpc) is 2.54. The maximum atomic E-state index is 12.0. The Hall–Kier alpha value is -2.24.